The summed E-state index contributed by atoms with van der Waals surface area (Å²) in [5.74, 6) is -0.887. The molecular formula is C11H12O4. The molecule has 1 rings (SSSR count). The maximum absolute atomic E-state index is 11.3. The molecule has 0 bridgehead atoms. The van der Waals surface area contributed by atoms with E-state index in [0.717, 1.165) is 0 Å². The highest BCUT2D eigenvalue weighted by Gasteiger charge is 2.12. The molecule has 0 saturated carbocycles. The van der Waals surface area contributed by atoms with Gasteiger partial charge < -0.3 is 14.9 Å². The molecule has 0 aromatic heterocycles. The third kappa shape index (κ3) is 2.49. The fourth-order valence-corrected chi connectivity index (χ4v) is 1.02. The first-order valence-corrected chi connectivity index (χ1v) is 4.37. The molecule has 0 saturated heterocycles. The van der Waals surface area contributed by atoms with Crippen LogP contribution in [0.5, 0.6) is 11.5 Å². The van der Waals surface area contributed by atoms with Crippen LogP contribution in [0.15, 0.2) is 24.8 Å². The quantitative estimate of drug-likeness (QED) is 0.586. The molecule has 0 atom stereocenters. The summed E-state index contributed by atoms with van der Waals surface area (Å²) in [6.07, 6.45) is 1.44. The first kappa shape index (κ1) is 11.1. The third-order valence-corrected chi connectivity index (χ3v) is 1.92. The number of hydrogen-bond acceptors (Lipinski definition) is 4. The average molecular weight is 208 g/mol. The minimum Gasteiger partial charge on any atom is -0.508 e. The molecule has 0 spiro atoms. The van der Waals surface area contributed by atoms with Gasteiger partial charge in [-0.15, -0.1) is 0 Å². The van der Waals surface area contributed by atoms with Crippen molar-refractivity contribution < 1.29 is 19.7 Å². The van der Waals surface area contributed by atoms with Crippen LogP contribution < -0.4 is 0 Å². The summed E-state index contributed by atoms with van der Waals surface area (Å²) in [6.45, 7) is 5.04. The van der Waals surface area contributed by atoms with Crippen LogP contribution in [0.1, 0.15) is 15.9 Å². The van der Waals surface area contributed by atoms with Crippen LogP contribution in [0, 0.1) is 6.92 Å². The molecule has 1 aromatic carbocycles. The number of hydrogen-bond donors (Lipinski definition) is 2. The van der Waals surface area contributed by atoms with E-state index < -0.39 is 5.97 Å². The van der Waals surface area contributed by atoms with Crippen LogP contribution in [0.25, 0.3) is 0 Å². The maximum atomic E-state index is 11.3. The number of carbonyl (C=O) groups is 1. The maximum Gasteiger partial charge on any atom is 0.338 e. The van der Waals surface area contributed by atoms with Gasteiger partial charge in [-0.2, -0.15) is 0 Å². The van der Waals surface area contributed by atoms with Crippen molar-refractivity contribution in [1.29, 1.82) is 0 Å². The summed E-state index contributed by atoms with van der Waals surface area (Å²) in [6, 6.07) is 2.50. The second-order valence-electron chi connectivity index (χ2n) is 3.03. The Hall–Kier alpha value is -1.97. The molecule has 2 N–H and O–H groups in total. The van der Waals surface area contributed by atoms with Gasteiger partial charge in [-0.25, -0.2) is 4.79 Å². The third-order valence-electron chi connectivity index (χ3n) is 1.92. The van der Waals surface area contributed by atoms with Gasteiger partial charge in [0.2, 0.25) is 0 Å². The Bertz CT molecular complexity index is 373. The highest BCUT2D eigenvalue weighted by Crippen LogP contribution is 2.27. The van der Waals surface area contributed by atoms with E-state index in [2.05, 4.69) is 6.58 Å². The van der Waals surface area contributed by atoms with Crippen LogP contribution in [-0.4, -0.2) is 22.8 Å². The Labute approximate surface area is 87.4 Å². The zero-order valence-corrected chi connectivity index (χ0v) is 8.36. The van der Waals surface area contributed by atoms with Crippen molar-refractivity contribution in [3.8, 4) is 11.5 Å². The number of esters is 1. The Morgan fingerprint density at radius 3 is 2.47 bits per heavy atom. The molecule has 1 aromatic rings. The van der Waals surface area contributed by atoms with Gasteiger partial charge in [-0.1, -0.05) is 12.7 Å². The molecule has 0 aliphatic rings. The first-order valence-electron chi connectivity index (χ1n) is 4.37. The van der Waals surface area contributed by atoms with Crippen molar-refractivity contribution in [3.63, 3.8) is 0 Å². The molecule has 0 heterocycles. The molecule has 4 heteroatoms. The summed E-state index contributed by atoms with van der Waals surface area (Å²) >= 11 is 0. The molecule has 15 heavy (non-hydrogen) atoms. The van der Waals surface area contributed by atoms with E-state index in [1.807, 2.05) is 0 Å². The number of ether oxygens (including phenoxy) is 1. The number of phenolic OH excluding ortho intramolecular Hbond substituents is 2. The van der Waals surface area contributed by atoms with E-state index in [1.54, 1.807) is 6.92 Å². The summed E-state index contributed by atoms with van der Waals surface area (Å²) in [5, 5.41) is 18.7. The fourth-order valence-electron chi connectivity index (χ4n) is 1.02. The predicted octanol–water partition coefficient (Wildman–Crippen LogP) is 1.75. The number of aromatic hydroxyl groups is 2. The number of rotatable bonds is 3. The van der Waals surface area contributed by atoms with Crippen molar-refractivity contribution in [2.75, 3.05) is 6.61 Å². The second kappa shape index (κ2) is 4.50. The summed E-state index contributed by atoms with van der Waals surface area (Å²) in [5.41, 5.74) is 0.438. The van der Waals surface area contributed by atoms with Crippen LogP contribution in [0.4, 0.5) is 0 Å². The summed E-state index contributed by atoms with van der Waals surface area (Å²) in [4.78, 5) is 11.3. The summed E-state index contributed by atoms with van der Waals surface area (Å²) < 4.78 is 4.75. The van der Waals surface area contributed by atoms with Crippen LogP contribution in [-0.2, 0) is 4.74 Å². The lowest BCUT2D eigenvalue weighted by Crippen LogP contribution is -2.05. The van der Waals surface area contributed by atoms with Gasteiger partial charge in [0.05, 0.1) is 5.56 Å². The average Bonchev–Trinajstić information content (AvgIpc) is 2.21. The Morgan fingerprint density at radius 2 is 2.00 bits per heavy atom. The normalized spacial score (nSPS) is 9.67. The van der Waals surface area contributed by atoms with Crippen molar-refractivity contribution in [3.05, 3.63) is 35.9 Å². The minimum atomic E-state index is -0.611. The van der Waals surface area contributed by atoms with Crippen molar-refractivity contribution in [1.82, 2.24) is 0 Å². The van der Waals surface area contributed by atoms with E-state index in [1.165, 1.54) is 18.2 Å². The van der Waals surface area contributed by atoms with E-state index in [-0.39, 0.29) is 23.7 Å². The van der Waals surface area contributed by atoms with Gasteiger partial charge in [0.15, 0.2) is 0 Å². The van der Waals surface area contributed by atoms with Crippen LogP contribution in [0.2, 0.25) is 0 Å². The zero-order chi connectivity index (χ0) is 11.4. The standard InChI is InChI=1S/C11H12O4/c1-3-4-15-11(14)8-5-9(12)7(2)10(13)6-8/h3,5-6,12-13H,1,4H2,2H3. The Kier molecular flexibility index (Phi) is 3.33. The van der Waals surface area contributed by atoms with E-state index in [0.29, 0.717) is 5.56 Å². The van der Waals surface area contributed by atoms with Gasteiger partial charge >= 0.3 is 5.97 Å². The van der Waals surface area contributed by atoms with Crippen molar-refractivity contribution in [2.24, 2.45) is 0 Å². The fraction of sp³-hybridized carbons (Fsp3) is 0.182. The van der Waals surface area contributed by atoms with Crippen LogP contribution >= 0.6 is 0 Å². The summed E-state index contributed by atoms with van der Waals surface area (Å²) in [7, 11) is 0. The second-order valence-corrected chi connectivity index (χ2v) is 3.03. The molecular weight excluding hydrogens is 196 g/mol. The minimum absolute atomic E-state index is 0.0915. The Balaban J connectivity index is 2.95. The first-order chi connectivity index (χ1) is 7.06. The van der Waals surface area contributed by atoms with E-state index >= 15 is 0 Å². The van der Waals surface area contributed by atoms with Gasteiger partial charge in [0.1, 0.15) is 18.1 Å². The largest absolute Gasteiger partial charge is 0.508 e. The monoisotopic (exact) mass is 208 g/mol. The molecule has 0 radical (unpaired) electrons. The highest BCUT2D eigenvalue weighted by atomic mass is 16.5. The zero-order valence-electron chi connectivity index (χ0n) is 8.36. The van der Waals surface area contributed by atoms with Crippen LogP contribution in [0.3, 0.4) is 0 Å². The molecule has 4 nitrogen and oxygen atoms in total. The molecule has 0 fully saturated rings. The smallest absolute Gasteiger partial charge is 0.338 e. The Morgan fingerprint density at radius 1 is 1.47 bits per heavy atom. The molecule has 0 aliphatic carbocycles. The van der Waals surface area contributed by atoms with Crippen molar-refractivity contribution >= 4 is 5.97 Å². The number of benzene rings is 1. The van der Waals surface area contributed by atoms with E-state index in [4.69, 9.17) is 4.74 Å². The molecule has 0 amide bonds. The molecule has 80 valence electrons. The lowest BCUT2D eigenvalue weighted by atomic mass is 10.1. The van der Waals surface area contributed by atoms with Gasteiger partial charge in [0.25, 0.3) is 0 Å². The van der Waals surface area contributed by atoms with Gasteiger partial charge in [0, 0.05) is 5.56 Å². The van der Waals surface area contributed by atoms with Gasteiger partial charge in [-0.05, 0) is 19.1 Å². The number of phenols is 2. The number of carbonyl (C=O) groups excluding carboxylic acids is 1. The molecule has 0 unspecified atom stereocenters. The van der Waals surface area contributed by atoms with Crippen molar-refractivity contribution in [2.45, 2.75) is 6.92 Å². The molecule has 0 aliphatic heterocycles. The lowest BCUT2D eigenvalue weighted by Gasteiger charge is -2.06. The lowest BCUT2D eigenvalue weighted by molar-refractivity contribution is 0.0549. The topological polar surface area (TPSA) is 66.8 Å². The highest BCUT2D eigenvalue weighted by molar-refractivity contribution is 5.90. The van der Waals surface area contributed by atoms with E-state index in [9.17, 15) is 15.0 Å². The van der Waals surface area contributed by atoms with Gasteiger partial charge in [-0.3, -0.25) is 0 Å². The predicted molar refractivity (Wildman–Crippen MR) is 55.0 cm³/mol. The SMILES string of the molecule is C=CCOC(=O)c1cc(O)c(C)c(O)c1.